The highest BCUT2D eigenvalue weighted by atomic mass is 35.5. The number of benzene rings is 1. The maximum absolute atomic E-state index is 12.5. The molecule has 1 aliphatic heterocycles. The van der Waals surface area contributed by atoms with Crippen molar-refractivity contribution in [3.8, 4) is 0 Å². The van der Waals surface area contributed by atoms with Gasteiger partial charge in [-0.2, -0.15) is 17.4 Å². The van der Waals surface area contributed by atoms with Crippen molar-refractivity contribution >= 4 is 21.8 Å². The lowest BCUT2D eigenvalue weighted by Gasteiger charge is -2.32. The van der Waals surface area contributed by atoms with Crippen molar-refractivity contribution in [3.05, 3.63) is 34.9 Å². The van der Waals surface area contributed by atoms with Crippen LogP contribution in [0.3, 0.4) is 0 Å². The van der Waals surface area contributed by atoms with Gasteiger partial charge in [-0.25, -0.2) is 0 Å². The summed E-state index contributed by atoms with van der Waals surface area (Å²) in [5.41, 5.74) is 1.15. The minimum Gasteiger partial charge on any atom is -0.198 e. The fraction of sp³-hybridized carbons (Fsp3) is 0.600. The molecule has 1 aromatic rings. The summed E-state index contributed by atoms with van der Waals surface area (Å²) in [6.07, 6.45) is 3.88. The molecule has 4 nitrogen and oxygen atoms in total. The zero-order valence-corrected chi connectivity index (χ0v) is 13.7. The molecule has 0 bridgehead atoms. The summed E-state index contributed by atoms with van der Waals surface area (Å²) in [7, 11) is -3.36. The van der Waals surface area contributed by atoms with E-state index in [2.05, 4.69) is 4.72 Å². The van der Waals surface area contributed by atoms with Crippen LogP contribution in [-0.4, -0.2) is 31.4 Å². The van der Waals surface area contributed by atoms with Crippen LogP contribution in [-0.2, 0) is 10.2 Å². The molecule has 0 amide bonds. The summed E-state index contributed by atoms with van der Waals surface area (Å²) >= 11 is 5.88. The summed E-state index contributed by atoms with van der Waals surface area (Å²) in [5.74, 6) is 0.275. The average molecular weight is 329 g/mol. The van der Waals surface area contributed by atoms with Gasteiger partial charge in [-0.15, -0.1) is 0 Å². The Balaban J connectivity index is 1.63. The van der Waals surface area contributed by atoms with Crippen LogP contribution in [0.15, 0.2) is 24.3 Å². The highest BCUT2D eigenvalue weighted by Gasteiger charge is 2.43. The van der Waals surface area contributed by atoms with Crippen molar-refractivity contribution < 1.29 is 8.42 Å². The van der Waals surface area contributed by atoms with Crippen LogP contribution < -0.4 is 4.72 Å². The lowest BCUT2D eigenvalue weighted by atomic mass is 10.1. The van der Waals surface area contributed by atoms with Gasteiger partial charge in [0.05, 0.1) is 0 Å². The van der Waals surface area contributed by atoms with Crippen molar-refractivity contribution in [2.24, 2.45) is 0 Å². The SMILES string of the molecule is CC1CCCCN1S(=O)(=O)N[C@@H]1C[C@H]1c1ccc(Cl)cc1. The van der Waals surface area contributed by atoms with E-state index in [-0.39, 0.29) is 18.0 Å². The highest BCUT2D eigenvalue weighted by Crippen LogP contribution is 2.41. The number of nitrogens with one attached hydrogen (secondary N) is 1. The standard InChI is InChI=1S/C15H21ClN2O2S/c1-11-4-2-3-9-18(11)21(19,20)17-15-10-14(15)12-5-7-13(16)8-6-12/h5-8,11,14-15,17H,2-4,9-10H2,1H3/t11?,14-,15+/m0/s1. The molecule has 21 heavy (non-hydrogen) atoms. The van der Waals surface area contributed by atoms with E-state index < -0.39 is 10.2 Å². The predicted octanol–water partition coefficient (Wildman–Crippen LogP) is 2.90. The Labute approximate surface area is 131 Å². The van der Waals surface area contributed by atoms with Gasteiger partial charge < -0.3 is 0 Å². The molecule has 2 aliphatic rings. The second-order valence-electron chi connectivity index (χ2n) is 6.08. The fourth-order valence-electron chi connectivity index (χ4n) is 3.09. The van der Waals surface area contributed by atoms with E-state index in [0.717, 1.165) is 31.2 Å². The zero-order valence-electron chi connectivity index (χ0n) is 12.1. The van der Waals surface area contributed by atoms with Crippen LogP contribution >= 0.6 is 11.6 Å². The van der Waals surface area contributed by atoms with Crippen LogP contribution in [0.4, 0.5) is 0 Å². The van der Waals surface area contributed by atoms with Gasteiger partial charge in [0.1, 0.15) is 0 Å². The summed E-state index contributed by atoms with van der Waals surface area (Å²) < 4.78 is 29.4. The molecule has 2 fully saturated rings. The molecule has 1 aromatic carbocycles. The molecule has 1 aliphatic carbocycles. The van der Waals surface area contributed by atoms with Crippen LogP contribution in [0.1, 0.15) is 44.1 Å². The highest BCUT2D eigenvalue weighted by molar-refractivity contribution is 7.87. The van der Waals surface area contributed by atoms with Crippen molar-refractivity contribution in [2.75, 3.05) is 6.54 Å². The molecule has 3 atom stereocenters. The molecule has 3 rings (SSSR count). The van der Waals surface area contributed by atoms with Crippen molar-refractivity contribution in [1.82, 2.24) is 9.03 Å². The summed E-state index contributed by atoms with van der Waals surface area (Å²) in [4.78, 5) is 0. The van der Waals surface area contributed by atoms with E-state index >= 15 is 0 Å². The lowest BCUT2D eigenvalue weighted by Crippen LogP contribution is -2.48. The maximum atomic E-state index is 12.5. The van der Waals surface area contributed by atoms with Gasteiger partial charge in [-0.1, -0.05) is 30.2 Å². The first-order valence-electron chi connectivity index (χ1n) is 7.52. The number of hydrogen-bond donors (Lipinski definition) is 1. The number of piperidine rings is 1. The topological polar surface area (TPSA) is 49.4 Å². The molecular formula is C15H21ClN2O2S. The summed E-state index contributed by atoms with van der Waals surface area (Å²) in [5, 5.41) is 0.707. The van der Waals surface area contributed by atoms with Crippen LogP contribution in [0.5, 0.6) is 0 Å². The molecule has 6 heteroatoms. The quantitative estimate of drug-likeness (QED) is 0.924. The van der Waals surface area contributed by atoms with E-state index in [4.69, 9.17) is 11.6 Å². The Morgan fingerprint density at radius 1 is 1.24 bits per heavy atom. The summed E-state index contributed by atoms with van der Waals surface area (Å²) in [6.45, 7) is 2.62. The van der Waals surface area contributed by atoms with Crippen molar-refractivity contribution in [2.45, 2.75) is 50.6 Å². The molecular weight excluding hydrogens is 308 g/mol. The average Bonchev–Trinajstić information content (AvgIpc) is 3.18. The summed E-state index contributed by atoms with van der Waals surface area (Å²) in [6, 6.07) is 7.78. The van der Waals surface area contributed by atoms with E-state index in [0.29, 0.717) is 11.6 Å². The molecule has 1 saturated heterocycles. The van der Waals surface area contributed by atoms with Gasteiger partial charge in [0.15, 0.2) is 0 Å². The van der Waals surface area contributed by atoms with Gasteiger partial charge in [-0.3, -0.25) is 0 Å². The van der Waals surface area contributed by atoms with E-state index in [1.54, 1.807) is 4.31 Å². The Hall–Kier alpha value is -0.620. The third kappa shape index (κ3) is 3.42. The molecule has 1 N–H and O–H groups in total. The van der Waals surface area contributed by atoms with Crippen LogP contribution in [0.25, 0.3) is 0 Å². The minimum atomic E-state index is -3.36. The largest absolute Gasteiger partial charge is 0.279 e. The molecule has 1 saturated carbocycles. The van der Waals surface area contributed by atoms with E-state index in [1.165, 1.54) is 0 Å². The molecule has 1 heterocycles. The molecule has 0 spiro atoms. The third-order valence-electron chi connectivity index (χ3n) is 4.44. The van der Waals surface area contributed by atoms with Gasteiger partial charge in [0.25, 0.3) is 10.2 Å². The van der Waals surface area contributed by atoms with Crippen molar-refractivity contribution in [1.29, 1.82) is 0 Å². The molecule has 0 radical (unpaired) electrons. The van der Waals surface area contributed by atoms with Gasteiger partial charge >= 0.3 is 0 Å². The number of halogens is 1. The smallest absolute Gasteiger partial charge is 0.198 e. The monoisotopic (exact) mass is 328 g/mol. The van der Waals surface area contributed by atoms with Gasteiger partial charge in [0.2, 0.25) is 0 Å². The normalized spacial score (nSPS) is 30.3. The van der Waals surface area contributed by atoms with Gasteiger partial charge in [0, 0.05) is 29.6 Å². The van der Waals surface area contributed by atoms with Crippen LogP contribution in [0, 0.1) is 0 Å². The predicted molar refractivity (Wildman–Crippen MR) is 84.7 cm³/mol. The first-order valence-corrected chi connectivity index (χ1v) is 9.34. The van der Waals surface area contributed by atoms with E-state index in [1.807, 2.05) is 31.2 Å². The fourth-order valence-corrected chi connectivity index (χ4v) is 4.94. The molecule has 1 unspecified atom stereocenters. The minimum absolute atomic E-state index is 0.0188. The van der Waals surface area contributed by atoms with E-state index in [9.17, 15) is 8.42 Å². The first-order chi connectivity index (χ1) is 9.97. The Morgan fingerprint density at radius 3 is 2.62 bits per heavy atom. The Bertz CT molecular complexity index is 603. The zero-order chi connectivity index (χ0) is 15.0. The third-order valence-corrected chi connectivity index (χ3v) is 6.45. The number of nitrogens with zero attached hydrogens (tertiary/aromatic N) is 1. The maximum Gasteiger partial charge on any atom is 0.279 e. The number of rotatable bonds is 4. The molecule has 116 valence electrons. The number of hydrogen-bond acceptors (Lipinski definition) is 2. The van der Waals surface area contributed by atoms with Crippen molar-refractivity contribution in [3.63, 3.8) is 0 Å². The van der Waals surface area contributed by atoms with Crippen LogP contribution in [0.2, 0.25) is 5.02 Å². The molecule has 0 aromatic heterocycles. The Kier molecular flexibility index (Phi) is 4.28. The second-order valence-corrected chi connectivity index (χ2v) is 8.17. The first kappa shape index (κ1) is 15.3. The lowest BCUT2D eigenvalue weighted by molar-refractivity contribution is 0.265. The Morgan fingerprint density at radius 2 is 1.95 bits per heavy atom. The van der Waals surface area contributed by atoms with Gasteiger partial charge in [-0.05, 0) is 43.9 Å². The second kappa shape index (κ2) is 5.88.